The molecule has 4 rings (SSSR count). The molecule has 0 aromatic heterocycles. The summed E-state index contributed by atoms with van der Waals surface area (Å²) < 4.78 is 33.5. The third kappa shape index (κ3) is 5.29. The maximum Gasteiger partial charge on any atom is 0.262 e. The van der Waals surface area contributed by atoms with Gasteiger partial charge in [0.25, 0.3) is 5.91 Å². The number of amides is 1. The summed E-state index contributed by atoms with van der Waals surface area (Å²) >= 11 is 0. The number of nitrogens with one attached hydrogen (secondary N) is 1. The minimum atomic E-state index is -3.63. The lowest BCUT2D eigenvalue weighted by atomic mass is 10.0. The van der Waals surface area contributed by atoms with Crippen LogP contribution in [0.2, 0.25) is 0 Å². The standard InChI is InChI=1S/C26H28N2O5S/c1-19(29)23-14-13-20-9-4-5-12-24(20)26(23)33-18-25(30)27-21-10-8-11-22(17-21)34(31,32)28-15-6-2-3-7-16-28/h4-5,8-14,17H,2-3,6-7,15-16,18H2,1H3,(H,27,30). The SMILES string of the molecule is CC(=O)c1ccc2ccccc2c1OCC(=O)Nc1cccc(S(=O)(=O)N2CCCCCC2)c1. The predicted octanol–water partition coefficient (Wildman–Crippen LogP) is 4.62. The number of fused-ring (bicyclic) bond motifs is 1. The summed E-state index contributed by atoms with van der Waals surface area (Å²) in [6.45, 7) is 2.15. The lowest BCUT2D eigenvalue weighted by Crippen LogP contribution is -2.32. The summed E-state index contributed by atoms with van der Waals surface area (Å²) in [7, 11) is -3.63. The van der Waals surface area contributed by atoms with E-state index in [1.54, 1.807) is 24.3 Å². The fraction of sp³-hybridized carbons (Fsp3) is 0.308. The van der Waals surface area contributed by atoms with Gasteiger partial charge in [0.05, 0.1) is 10.5 Å². The van der Waals surface area contributed by atoms with Crippen molar-refractivity contribution in [3.63, 3.8) is 0 Å². The second kappa shape index (κ2) is 10.4. The van der Waals surface area contributed by atoms with E-state index >= 15 is 0 Å². The van der Waals surface area contributed by atoms with Gasteiger partial charge in [-0.2, -0.15) is 4.31 Å². The highest BCUT2D eigenvalue weighted by Crippen LogP contribution is 2.30. The highest BCUT2D eigenvalue weighted by molar-refractivity contribution is 7.89. The van der Waals surface area contributed by atoms with Gasteiger partial charge in [-0.05, 0) is 49.4 Å². The van der Waals surface area contributed by atoms with Crippen LogP contribution in [0.5, 0.6) is 5.75 Å². The highest BCUT2D eigenvalue weighted by atomic mass is 32.2. The summed E-state index contributed by atoms with van der Waals surface area (Å²) in [5.74, 6) is -0.252. The van der Waals surface area contributed by atoms with Crippen LogP contribution >= 0.6 is 0 Å². The van der Waals surface area contributed by atoms with E-state index in [1.165, 1.54) is 17.3 Å². The normalized spacial score (nSPS) is 15.0. The first-order valence-electron chi connectivity index (χ1n) is 11.4. The number of hydrogen-bond donors (Lipinski definition) is 1. The predicted molar refractivity (Wildman–Crippen MR) is 132 cm³/mol. The van der Waals surface area contributed by atoms with Gasteiger partial charge < -0.3 is 10.1 Å². The highest BCUT2D eigenvalue weighted by Gasteiger charge is 2.25. The van der Waals surface area contributed by atoms with Crippen molar-refractivity contribution in [2.24, 2.45) is 0 Å². The van der Waals surface area contributed by atoms with Crippen molar-refractivity contribution in [1.29, 1.82) is 0 Å². The van der Waals surface area contributed by atoms with Crippen molar-refractivity contribution < 1.29 is 22.7 Å². The maximum absolute atomic E-state index is 13.1. The van der Waals surface area contributed by atoms with Gasteiger partial charge in [-0.25, -0.2) is 8.42 Å². The number of rotatable bonds is 7. The molecular weight excluding hydrogens is 452 g/mol. The van der Waals surface area contributed by atoms with Crippen LogP contribution in [0, 0.1) is 0 Å². The Morgan fingerprint density at radius 1 is 0.941 bits per heavy atom. The van der Waals surface area contributed by atoms with Gasteiger partial charge in [-0.3, -0.25) is 9.59 Å². The average Bonchev–Trinajstić information content (AvgIpc) is 3.13. The van der Waals surface area contributed by atoms with Crippen LogP contribution in [0.3, 0.4) is 0 Å². The molecular formula is C26H28N2O5S. The third-order valence-electron chi connectivity index (χ3n) is 5.93. The molecule has 0 bridgehead atoms. The van der Waals surface area contributed by atoms with Crippen LogP contribution in [-0.2, 0) is 14.8 Å². The number of ether oxygens (including phenoxy) is 1. The Morgan fingerprint density at radius 2 is 1.68 bits per heavy atom. The van der Waals surface area contributed by atoms with Crippen molar-refractivity contribution in [2.75, 3.05) is 25.0 Å². The number of carbonyl (C=O) groups excluding carboxylic acids is 2. The van der Waals surface area contributed by atoms with E-state index in [1.807, 2.05) is 30.3 Å². The van der Waals surface area contributed by atoms with Gasteiger partial charge in [0.1, 0.15) is 5.75 Å². The van der Waals surface area contributed by atoms with Crippen molar-refractivity contribution in [3.8, 4) is 5.75 Å². The Balaban J connectivity index is 1.49. The second-order valence-electron chi connectivity index (χ2n) is 8.40. The van der Waals surface area contributed by atoms with Crippen LogP contribution in [0.4, 0.5) is 5.69 Å². The number of nitrogens with zero attached hydrogens (tertiary/aromatic N) is 1. The van der Waals surface area contributed by atoms with Crippen molar-refractivity contribution in [2.45, 2.75) is 37.5 Å². The average molecular weight is 481 g/mol. The summed E-state index contributed by atoms with van der Waals surface area (Å²) in [5.41, 5.74) is 0.770. The smallest absolute Gasteiger partial charge is 0.262 e. The molecule has 0 atom stereocenters. The van der Waals surface area contributed by atoms with Crippen LogP contribution in [0.15, 0.2) is 65.6 Å². The van der Waals surface area contributed by atoms with Crippen molar-refractivity contribution in [1.82, 2.24) is 4.31 Å². The monoisotopic (exact) mass is 480 g/mol. The number of sulfonamides is 1. The largest absolute Gasteiger partial charge is 0.482 e. The molecule has 1 heterocycles. The van der Waals surface area contributed by atoms with Crippen molar-refractivity contribution >= 4 is 38.2 Å². The Kier molecular flexibility index (Phi) is 7.29. The van der Waals surface area contributed by atoms with E-state index in [-0.39, 0.29) is 17.3 Å². The number of ketones is 1. The first kappa shape index (κ1) is 23.9. The molecule has 1 saturated heterocycles. The molecule has 3 aromatic rings. The van der Waals surface area contributed by atoms with E-state index in [9.17, 15) is 18.0 Å². The third-order valence-corrected chi connectivity index (χ3v) is 7.82. The van der Waals surface area contributed by atoms with Gasteiger partial charge in [-0.1, -0.05) is 49.2 Å². The zero-order valence-corrected chi connectivity index (χ0v) is 19.9. The van der Waals surface area contributed by atoms with E-state index in [4.69, 9.17) is 4.74 Å². The molecule has 0 saturated carbocycles. The molecule has 7 nitrogen and oxygen atoms in total. The Bertz CT molecular complexity index is 1310. The quantitative estimate of drug-likeness (QED) is 0.498. The van der Waals surface area contributed by atoms with Gasteiger partial charge >= 0.3 is 0 Å². The minimum Gasteiger partial charge on any atom is -0.482 e. The second-order valence-corrected chi connectivity index (χ2v) is 10.3. The van der Waals surface area contributed by atoms with E-state index < -0.39 is 15.9 Å². The fourth-order valence-electron chi connectivity index (χ4n) is 4.18. The molecule has 178 valence electrons. The molecule has 0 radical (unpaired) electrons. The van der Waals surface area contributed by atoms with Crippen LogP contribution in [0.1, 0.15) is 43.0 Å². The fourth-order valence-corrected chi connectivity index (χ4v) is 5.74. The molecule has 1 aliphatic heterocycles. The van der Waals surface area contributed by atoms with E-state index in [0.717, 1.165) is 36.5 Å². The van der Waals surface area contributed by atoms with Gasteiger partial charge in [-0.15, -0.1) is 0 Å². The molecule has 0 spiro atoms. The van der Waals surface area contributed by atoms with Gasteiger partial charge in [0, 0.05) is 24.2 Å². The molecule has 1 aliphatic rings. The Labute approximate surface area is 199 Å². The first-order valence-corrected chi connectivity index (χ1v) is 12.9. The lowest BCUT2D eigenvalue weighted by Gasteiger charge is -2.20. The van der Waals surface area contributed by atoms with Crippen LogP contribution < -0.4 is 10.1 Å². The number of benzene rings is 3. The van der Waals surface area contributed by atoms with E-state index in [0.29, 0.717) is 30.1 Å². The molecule has 3 aromatic carbocycles. The van der Waals surface area contributed by atoms with Gasteiger partial charge in [0.2, 0.25) is 10.0 Å². The summed E-state index contributed by atoms with van der Waals surface area (Å²) in [4.78, 5) is 24.9. The zero-order valence-electron chi connectivity index (χ0n) is 19.1. The van der Waals surface area contributed by atoms with Gasteiger partial charge in [0.15, 0.2) is 12.4 Å². The molecule has 1 fully saturated rings. The molecule has 0 aliphatic carbocycles. The molecule has 0 unspecified atom stereocenters. The molecule has 34 heavy (non-hydrogen) atoms. The Morgan fingerprint density at radius 3 is 2.41 bits per heavy atom. The summed E-state index contributed by atoms with van der Waals surface area (Å²) in [6.07, 6.45) is 3.77. The number of Topliss-reactive ketones (excluding diaryl/α,β-unsaturated/α-hetero) is 1. The summed E-state index contributed by atoms with van der Waals surface area (Å²) in [5, 5.41) is 4.35. The number of carbonyl (C=O) groups is 2. The number of anilines is 1. The van der Waals surface area contributed by atoms with E-state index in [2.05, 4.69) is 5.32 Å². The first-order chi connectivity index (χ1) is 16.4. The van der Waals surface area contributed by atoms with Crippen LogP contribution in [-0.4, -0.2) is 44.1 Å². The van der Waals surface area contributed by atoms with Crippen LogP contribution in [0.25, 0.3) is 10.8 Å². The molecule has 1 N–H and O–H groups in total. The topological polar surface area (TPSA) is 92.8 Å². The lowest BCUT2D eigenvalue weighted by molar-refractivity contribution is -0.118. The maximum atomic E-state index is 13.1. The minimum absolute atomic E-state index is 0.154. The Hall–Kier alpha value is -3.23. The van der Waals surface area contributed by atoms with Crippen molar-refractivity contribution in [3.05, 3.63) is 66.2 Å². The number of hydrogen-bond acceptors (Lipinski definition) is 5. The summed E-state index contributed by atoms with van der Waals surface area (Å²) in [6, 6.07) is 17.3. The molecule has 8 heteroatoms. The molecule has 1 amide bonds. The zero-order chi connectivity index (χ0) is 24.1.